The van der Waals surface area contributed by atoms with Gasteiger partial charge in [0, 0.05) is 35.3 Å². The van der Waals surface area contributed by atoms with Crippen LogP contribution in [0.3, 0.4) is 0 Å². The third-order valence-electron chi connectivity index (χ3n) is 4.35. The molecule has 1 aromatic heterocycles. The highest BCUT2D eigenvalue weighted by Gasteiger charge is 2.11. The van der Waals surface area contributed by atoms with Crippen LogP contribution >= 0.6 is 0 Å². The van der Waals surface area contributed by atoms with Crippen LogP contribution < -0.4 is 19.5 Å². The SMILES string of the molecule is CCCOc1ccc(NC(=O)c2cccc(OCc3cccnc3)c2)cc1OCCC. The molecule has 0 aliphatic heterocycles. The van der Waals surface area contributed by atoms with Crippen LogP contribution in [0.25, 0.3) is 0 Å². The zero-order valence-electron chi connectivity index (χ0n) is 18.0. The Hall–Kier alpha value is -3.54. The molecule has 31 heavy (non-hydrogen) atoms. The minimum absolute atomic E-state index is 0.226. The van der Waals surface area contributed by atoms with Crippen LogP contribution in [0.4, 0.5) is 5.69 Å². The van der Waals surface area contributed by atoms with E-state index in [4.69, 9.17) is 14.2 Å². The summed E-state index contributed by atoms with van der Waals surface area (Å²) in [4.78, 5) is 16.8. The van der Waals surface area contributed by atoms with E-state index in [0.29, 0.717) is 48.3 Å². The van der Waals surface area contributed by atoms with Gasteiger partial charge in [-0.2, -0.15) is 0 Å². The molecular weight excluding hydrogens is 392 g/mol. The summed E-state index contributed by atoms with van der Waals surface area (Å²) in [5.41, 5.74) is 2.11. The van der Waals surface area contributed by atoms with Gasteiger partial charge in [0.05, 0.1) is 13.2 Å². The van der Waals surface area contributed by atoms with E-state index in [1.165, 1.54) is 0 Å². The van der Waals surface area contributed by atoms with Gasteiger partial charge in [0.2, 0.25) is 0 Å². The van der Waals surface area contributed by atoms with E-state index in [1.54, 1.807) is 36.7 Å². The quantitative estimate of drug-likeness (QED) is 0.444. The molecule has 3 aromatic rings. The van der Waals surface area contributed by atoms with Gasteiger partial charge in [0.15, 0.2) is 11.5 Å². The third kappa shape index (κ3) is 6.74. The second kappa shape index (κ2) is 11.6. The van der Waals surface area contributed by atoms with Crippen molar-refractivity contribution in [2.45, 2.75) is 33.3 Å². The molecule has 0 unspecified atom stereocenters. The Kier molecular flexibility index (Phi) is 8.29. The smallest absolute Gasteiger partial charge is 0.255 e. The number of carbonyl (C=O) groups is 1. The number of nitrogens with one attached hydrogen (secondary N) is 1. The van der Waals surface area contributed by atoms with E-state index in [2.05, 4.69) is 17.2 Å². The lowest BCUT2D eigenvalue weighted by atomic mass is 10.2. The number of carbonyl (C=O) groups excluding carboxylic acids is 1. The van der Waals surface area contributed by atoms with E-state index in [-0.39, 0.29) is 5.91 Å². The Morgan fingerprint density at radius 2 is 1.71 bits per heavy atom. The second-order valence-corrected chi connectivity index (χ2v) is 6.99. The molecule has 0 radical (unpaired) electrons. The number of anilines is 1. The van der Waals surface area contributed by atoms with Crippen LogP contribution in [0.15, 0.2) is 67.0 Å². The fraction of sp³-hybridized carbons (Fsp3) is 0.280. The number of amides is 1. The van der Waals surface area contributed by atoms with Gasteiger partial charge in [0.25, 0.3) is 5.91 Å². The van der Waals surface area contributed by atoms with Crippen molar-refractivity contribution in [3.63, 3.8) is 0 Å². The van der Waals surface area contributed by atoms with Gasteiger partial charge < -0.3 is 19.5 Å². The van der Waals surface area contributed by atoms with Gasteiger partial charge in [-0.3, -0.25) is 9.78 Å². The Morgan fingerprint density at radius 3 is 2.45 bits per heavy atom. The summed E-state index contributed by atoms with van der Waals surface area (Å²) in [6.45, 7) is 5.67. The summed E-state index contributed by atoms with van der Waals surface area (Å²) in [5.74, 6) is 1.70. The van der Waals surface area contributed by atoms with Crippen molar-refractivity contribution in [3.8, 4) is 17.2 Å². The Bertz CT molecular complexity index is 976. The lowest BCUT2D eigenvalue weighted by Crippen LogP contribution is -2.12. The minimum Gasteiger partial charge on any atom is -0.490 e. The monoisotopic (exact) mass is 420 g/mol. The highest BCUT2D eigenvalue weighted by atomic mass is 16.5. The van der Waals surface area contributed by atoms with Crippen LogP contribution in [-0.4, -0.2) is 24.1 Å². The molecule has 6 nitrogen and oxygen atoms in total. The molecule has 162 valence electrons. The van der Waals surface area contributed by atoms with E-state index in [9.17, 15) is 4.79 Å². The van der Waals surface area contributed by atoms with E-state index in [0.717, 1.165) is 18.4 Å². The van der Waals surface area contributed by atoms with Crippen molar-refractivity contribution in [3.05, 3.63) is 78.1 Å². The number of ether oxygens (including phenoxy) is 3. The van der Waals surface area contributed by atoms with Crippen LogP contribution in [0, 0.1) is 0 Å². The molecule has 0 aliphatic rings. The molecule has 0 saturated carbocycles. The number of benzene rings is 2. The summed E-state index contributed by atoms with van der Waals surface area (Å²) >= 11 is 0. The molecule has 1 amide bonds. The Balaban J connectivity index is 1.67. The van der Waals surface area contributed by atoms with Crippen molar-refractivity contribution in [1.29, 1.82) is 0 Å². The number of hydrogen-bond donors (Lipinski definition) is 1. The molecule has 2 aromatic carbocycles. The number of pyridine rings is 1. The van der Waals surface area contributed by atoms with Crippen molar-refractivity contribution in [1.82, 2.24) is 4.98 Å². The van der Waals surface area contributed by atoms with Gasteiger partial charge in [0.1, 0.15) is 12.4 Å². The summed E-state index contributed by atoms with van der Waals surface area (Å²) < 4.78 is 17.3. The van der Waals surface area contributed by atoms with E-state index in [1.807, 2.05) is 37.3 Å². The molecule has 1 N–H and O–H groups in total. The first-order valence-corrected chi connectivity index (χ1v) is 10.5. The van der Waals surface area contributed by atoms with Crippen LogP contribution in [0.5, 0.6) is 17.2 Å². The lowest BCUT2D eigenvalue weighted by Gasteiger charge is -2.14. The molecule has 6 heteroatoms. The number of aromatic nitrogens is 1. The average molecular weight is 421 g/mol. The summed E-state index contributed by atoms with van der Waals surface area (Å²) in [5, 5.41) is 2.92. The predicted octanol–water partition coefficient (Wildman–Crippen LogP) is 5.49. The molecule has 0 aliphatic carbocycles. The number of hydrogen-bond acceptors (Lipinski definition) is 5. The van der Waals surface area contributed by atoms with Gasteiger partial charge in [-0.25, -0.2) is 0 Å². The zero-order valence-corrected chi connectivity index (χ0v) is 18.0. The van der Waals surface area contributed by atoms with E-state index >= 15 is 0 Å². The normalized spacial score (nSPS) is 10.4. The summed E-state index contributed by atoms with van der Waals surface area (Å²) in [6, 6.07) is 16.3. The van der Waals surface area contributed by atoms with Crippen molar-refractivity contribution in [2.24, 2.45) is 0 Å². The average Bonchev–Trinajstić information content (AvgIpc) is 2.81. The molecule has 0 bridgehead atoms. The molecule has 0 spiro atoms. The van der Waals surface area contributed by atoms with Crippen LogP contribution in [-0.2, 0) is 6.61 Å². The second-order valence-electron chi connectivity index (χ2n) is 6.99. The molecular formula is C25H28N2O4. The maximum atomic E-state index is 12.8. The Morgan fingerprint density at radius 1 is 0.903 bits per heavy atom. The van der Waals surface area contributed by atoms with Gasteiger partial charge >= 0.3 is 0 Å². The molecule has 0 saturated heterocycles. The molecule has 1 heterocycles. The molecule has 3 rings (SSSR count). The first kappa shape index (κ1) is 22.2. The van der Waals surface area contributed by atoms with Crippen LogP contribution in [0.1, 0.15) is 42.6 Å². The van der Waals surface area contributed by atoms with Crippen molar-refractivity contribution < 1.29 is 19.0 Å². The standard InChI is InChI=1S/C25H28N2O4/c1-3-13-29-23-11-10-21(16-24(23)30-14-4-2)27-25(28)20-8-5-9-22(15-20)31-18-19-7-6-12-26-17-19/h5-12,15-17H,3-4,13-14,18H2,1-2H3,(H,27,28). The number of nitrogens with zero attached hydrogens (tertiary/aromatic N) is 1. The van der Waals surface area contributed by atoms with Crippen molar-refractivity contribution >= 4 is 11.6 Å². The number of rotatable bonds is 11. The minimum atomic E-state index is -0.226. The first-order valence-electron chi connectivity index (χ1n) is 10.5. The van der Waals surface area contributed by atoms with Crippen molar-refractivity contribution in [2.75, 3.05) is 18.5 Å². The maximum absolute atomic E-state index is 12.8. The first-order chi connectivity index (χ1) is 15.2. The zero-order chi connectivity index (χ0) is 21.9. The topological polar surface area (TPSA) is 69.7 Å². The van der Waals surface area contributed by atoms with Gasteiger partial charge in [-0.15, -0.1) is 0 Å². The highest BCUT2D eigenvalue weighted by molar-refractivity contribution is 6.04. The lowest BCUT2D eigenvalue weighted by molar-refractivity contribution is 0.102. The fourth-order valence-electron chi connectivity index (χ4n) is 2.82. The summed E-state index contributed by atoms with van der Waals surface area (Å²) in [6.07, 6.45) is 5.26. The predicted molar refractivity (Wildman–Crippen MR) is 121 cm³/mol. The fourth-order valence-corrected chi connectivity index (χ4v) is 2.82. The van der Waals surface area contributed by atoms with Crippen LogP contribution in [0.2, 0.25) is 0 Å². The third-order valence-corrected chi connectivity index (χ3v) is 4.35. The summed E-state index contributed by atoms with van der Waals surface area (Å²) in [7, 11) is 0. The Labute approximate surface area is 183 Å². The molecule has 0 fully saturated rings. The van der Waals surface area contributed by atoms with Gasteiger partial charge in [-0.05, 0) is 49.2 Å². The van der Waals surface area contributed by atoms with E-state index < -0.39 is 0 Å². The molecule has 0 atom stereocenters. The highest BCUT2D eigenvalue weighted by Crippen LogP contribution is 2.31. The maximum Gasteiger partial charge on any atom is 0.255 e. The van der Waals surface area contributed by atoms with Gasteiger partial charge in [-0.1, -0.05) is 26.0 Å². The largest absolute Gasteiger partial charge is 0.490 e.